The average Bonchev–Trinajstić information content (AvgIpc) is 2.34. The molecule has 1 rings (SSSR count). The second kappa shape index (κ2) is 3.30. The van der Waals surface area contributed by atoms with E-state index in [0.29, 0.717) is 0 Å². The first-order valence-electron chi connectivity index (χ1n) is 3.26. The van der Waals surface area contributed by atoms with Crippen molar-refractivity contribution >= 4 is 0 Å². The van der Waals surface area contributed by atoms with Crippen LogP contribution in [-0.4, -0.2) is 11.5 Å². The topological polar surface area (TPSA) is 27.8 Å². The zero-order chi connectivity index (χ0) is 6.53. The van der Waals surface area contributed by atoms with Gasteiger partial charge in [0.05, 0.1) is 0 Å². The fraction of sp³-hybridized carbons (Fsp3) is 0.429. The highest BCUT2D eigenvalue weighted by Gasteiger charge is 1.87. The molecule has 0 spiro atoms. The molecule has 1 aromatic rings. The number of rotatable bonds is 3. The van der Waals surface area contributed by atoms with Gasteiger partial charge in [-0.3, -0.25) is 0 Å². The molecule has 1 aromatic heterocycles. The summed E-state index contributed by atoms with van der Waals surface area (Å²) in [4.78, 5) is 3.00. The minimum atomic E-state index is 0.972. The predicted molar refractivity (Wildman–Crippen MR) is 38.2 cm³/mol. The lowest BCUT2D eigenvalue weighted by Crippen LogP contribution is -2.10. The molecule has 0 atom stereocenters. The molecule has 0 aliphatic rings. The third kappa shape index (κ3) is 1.90. The summed E-state index contributed by atoms with van der Waals surface area (Å²) >= 11 is 0. The Morgan fingerprint density at radius 3 is 3.11 bits per heavy atom. The van der Waals surface area contributed by atoms with E-state index in [1.54, 1.807) is 0 Å². The van der Waals surface area contributed by atoms with Crippen molar-refractivity contribution in [2.45, 2.75) is 13.5 Å². The van der Waals surface area contributed by atoms with Gasteiger partial charge in [-0.15, -0.1) is 0 Å². The monoisotopic (exact) mass is 124 g/mol. The molecule has 2 heteroatoms. The summed E-state index contributed by atoms with van der Waals surface area (Å²) in [7, 11) is 0. The SMILES string of the molecule is CCNCc1cc[nH]c1. The van der Waals surface area contributed by atoms with Crippen LogP contribution >= 0.6 is 0 Å². The number of hydrogen-bond donors (Lipinski definition) is 2. The summed E-state index contributed by atoms with van der Waals surface area (Å²) in [5, 5.41) is 3.23. The van der Waals surface area contributed by atoms with Crippen molar-refractivity contribution in [1.82, 2.24) is 10.3 Å². The van der Waals surface area contributed by atoms with Gasteiger partial charge in [-0.1, -0.05) is 6.92 Å². The van der Waals surface area contributed by atoms with Crippen LogP contribution in [0.15, 0.2) is 18.5 Å². The van der Waals surface area contributed by atoms with Crippen LogP contribution in [0.1, 0.15) is 12.5 Å². The van der Waals surface area contributed by atoms with Crippen LogP contribution in [0.2, 0.25) is 0 Å². The van der Waals surface area contributed by atoms with Gasteiger partial charge in [-0.05, 0) is 18.2 Å². The van der Waals surface area contributed by atoms with E-state index >= 15 is 0 Å². The third-order valence-corrected chi connectivity index (χ3v) is 1.24. The highest BCUT2D eigenvalue weighted by atomic mass is 14.8. The molecule has 0 amide bonds. The molecular weight excluding hydrogens is 112 g/mol. The molecule has 0 fully saturated rings. The second-order valence-corrected chi connectivity index (χ2v) is 2.00. The van der Waals surface area contributed by atoms with Crippen molar-refractivity contribution in [2.75, 3.05) is 6.54 Å². The van der Waals surface area contributed by atoms with E-state index in [-0.39, 0.29) is 0 Å². The van der Waals surface area contributed by atoms with E-state index in [2.05, 4.69) is 23.3 Å². The molecule has 1 heterocycles. The van der Waals surface area contributed by atoms with E-state index in [0.717, 1.165) is 13.1 Å². The summed E-state index contributed by atoms with van der Waals surface area (Å²) in [5.41, 5.74) is 1.32. The first kappa shape index (κ1) is 6.36. The molecule has 0 aliphatic carbocycles. The molecular formula is C7H12N2. The van der Waals surface area contributed by atoms with Crippen molar-refractivity contribution < 1.29 is 0 Å². The molecule has 0 aliphatic heterocycles. The largest absolute Gasteiger partial charge is 0.367 e. The lowest BCUT2D eigenvalue weighted by Gasteiger charge is -1.95. The minimum Gasteiger partial charge on any atom is -0.367 e. The molecule has 0 aromatic carbocycles. The van der Waals surface area contributed by atoms with Gasteiger partial charge < -0.3 is 10.3 Å². The van der Waals surface area contributed by atoms with Gasteiger partial charge in [-0.25, -0.2) is 0 Å². The van der Waals surface area contributed by atoms with Gasteiger partial charge in [0.15, 0.2) is 0 Å². The van der Waals surface area contributed by atoms with Crippen molar-refractivity contribution in [2.24, 2.45) is 0 Å². The fourth-order valence-electron chi connectivity index (χ4n) is 0.738. The Kier molecular flexibility index (Phi) is 2.33. The smallest absolute Gasteiger partial charge is 0.0220 e. The van der Waals surface area contributed by atoms with E-state index in [1.807, 2.05) is 12.4 Å². The molecule has 2 N–H and O–H groups in total. The van der Waals surface area contributed by atoms with E-state index in [4.69, 9.17) is 0 Å². The molecule has 9 heavy (non-hydrogen) atoms. The normalized spacial score (nSPS) is 9.89. The summed E-state index contributed by atoms with van der Waals surface area (Å²) in [6.07, 6.45) is 3.94. The zero-order valence-corrected chi connectivity index (χ0v) is 5.65. The Morgan fingerprint density at radius 2 is 2.56 bits per heavy atom. The summed E-state index contributed by atoms with van der Waals surface area (Å²) < 4.78 is 0. The van der Waals surface area contributed by atoms with Crippen LogP contribution in [0, 0.1) is 0 Å². The van der Waals surface area contributed by atoms with Crippen LogP contribution in [0.3, 0.4) is 0 Å². The number of H-pyrrole nitrogens is 1. The average molecular weight is 124 g/mol. The maximum Gasteiger partial charge on any atom is 0.0220 e. The van der Waals surface area contributed by atoms with Gasteiger partial charge in [0.25, 0.3) is 0 Å². The van der Waals surface area contributed by atoms with Crippen molar-refractivity contribution in [3.8, 4) is 0 Å². The van der Waals surface area contributed by atoms with Crippen LogP contribution in [-0.2, 0) is 6.54 Å². The van der Waals surface area contributed by atoms with Crippen LogP contribution in [0.4, 0.5) is 0 Å². The minimum absolute atomic E-state index is 0.972. The van der Waals surface area contributed by atoms with E-state index < -0.39 is 0 Å². The Labute approximate surface area is 55.3 Å². The lowest BCUT2D eigenvalue weighted by atomic mass is 10.3. The van der Waals surface area contributed by atoms with E-state index in [1.165, 1.54) is 5.56 Å². The van der Waals surface area contributed by atoms with Gasteiger partial charge in [0.2, 0.25) is 0 Å². The lowest BCUT2D eigenvalue weighted by molar-refractivity contribution is 0.727. The van der Waals surface area contributed by atoms with Crippen molar-refractivity contribution in [1.29, 1.82) is 0 Å². The third-order valence-electron chi connectivity index (χ3n) is 1.24. The standard InChI is InChI=1S/C7H12N2/c1-2-8-5-7-3-4-9-6-7/h3-4,6,8-9H,2,5H2,1H3. The maximum atomic E-state index is 3.23. The quantitative estimate of drug-likeness (QED) is 0.621. The highest BCUT2D eigenvalue weighted by Crippen LogP contribution is 1.93. The number of hydrogen-bond acceptors (Lipinski definition) is 1. The maximum absolute atomic E-state index is 3.23. The summed E-state index contributed by atoms with van der Waals surface area (Å²) in [6.45, 7) is 4.11. The fourth-order valence-corrected chi connectivity index (χ4v) is 0.738. The van der Waals surface area contributed by atoms with Crippen LogP contribution in [0.25, 0.3) is 0 Å². The summed E-state index contributed by atoms with van der Waals surface area (Å²) in [5.74, 6) is 0. The van der Waals surface area contributed by atoms with Crippen LogP contribution < -0.4 is 5.32 Å². The second-order valence-electron chi connectivity index (χ2n) is 2.00. The van der Waals surface area contributed by atoms with Gasteiger partial charge >= 0.3 is 0 Å². The Morgan fingerprint density at radius 1 is 1.67 bits per heavy atom. The molecule has 0 saturated carbocycles. The predicted octanol–water partition coefficient (Wildman–Crippen LogP) is 1.12. The molecule has 0 bridgehead atoms. The number of aromatic nitrogens is 1. The Balaban J connectivity index is 2.30. The zero-order valence-electron chi connectivity index (χ0n) is 5.65. The number of nitrogens with one attached hydrogen (secondary N) is 2. The van der Waals surface area contributed by atoms with Crippen molar-refractivity contribution in [3.05, 3.63) is 24.0 Å². The summed E-state index contributed by atoms with van der Waals surface area (Å²) in [6, 6.07) is 2.07. The highest BCUT2D eigenvalue weighted by molar-refractivity contribution is 5.07. The molecule has 0 radical (unpaired) electrons. The Hall–Kier alpha value is -0.760. The molecule has 50 valence electrons. The van der Waals surface area contributed by atoms with Gasteiger partial charge in [0, 0.05) is 18.9 Å². The van der Waals surface area contributed by atoms with E-state index in [9.17, 15) is 0 Å². The number of aromatic amines is 1. The Bertz CT molecular complexity index is 144. The van der Waals surface area contributed by atoms with Gasteiger partial charge in [-0.2, -0.15) is 0 Å². The molecule has 2 nitrogen and oxygen atoms in total. The molecule has 0 saturated heterocycles. The molecule has 0 unspecified atom stereocenters. The van der Waals surface area contributed by atoms with Gasteiger partial charge in [0.1, 0.15) is 0 Å². The first-order valence-corrected chi connectivity index (χ1v) is 3.26. The first-order chi connectivity index (χ1) is 4.43. The van der Waals surface area contributed by atoms with Crippen molar-refractivity contribution in [3.63, 3.8) is 0 Å². The van der Waals surface area contributed by atoms with Crippen LogP contribution in [0.5, 0.6) is 0 Å².